The van der Waals surface area contributed by atoms with Gasteiger partial charge in [-0.1, -0.05) is 31.5 Å². The van der Waals surface area contributed by atoms with Crippen molar-refractivity contribution in [2.75, 3.05) is 31.5 Å². The minimum Gasteiger partial charge on any atom is -0.358 e. The van der Waals surface area contributed by atoms with Crippen molar-refractivity contribution in [2.24, 2.45) is 0 Å². The normalized spacial score (nSPS) is 13.6. The van der Waals surface area contributed by atoms with Gasteiger partial charge in [0, 0.05) is 35.7 Å². The zero-order chi connectivity index (χ0) is 29.6. The summed E-state index contributed by atoms with van der Waals surface area (Å²) < 4.78 is 43.2. The van der Waals surface area contributed by atoms with Crippen LogP contribution in [0.5, 0.6) is 0 Å². The molecule has 0 aliphatic carbocycles. The molecule has 0 bridgehead atoms. The number of H-pyrrole nitrogens is 1. The Morgan fingerprint density at radius 3 is 2.33 bits per heavy atom. The van der Waals surface area contributed by atoms with Crippen LogP contribution in [0.2, 0.25) is 0 Å². The van der Waals surface area contributed by atoms with Crippen molar-refractivity contribution < 1.29 is 27.0 Å². The number of aryl methyl sites for hydroxylation is 2. The van der Waals surface area contributed by atoms with Gasteiger partial charge in [0.1, 0.15) is 5.82 Å². The highest BCUT2D eigenvalue weighted by Crippen LogP contribution is 2.34. The van der Waals surface area contributed by atoms with Crippen molar-refractivity contribution in [3.63, 3.8) is 0 Å². The van der Waals surface area contributed by atoms with Gasteiger partial charge in [0.15, 0.2) is 0 Å². The first-order valence-electron chi connectivity index (χ1n) is 12.9. The molecule has 9 nitrogen and oxygen atoms in total. The third kappa shape index (κ3) is 7.44. The minimum absolute atomic E-state index is 0.0666. The Balaban J connectivity index is 0.000000336. The molecule has 1 aliphatic rings. The largest absolute Gasteiger partial charge is 0.358 e. The van der Waals surface area contributed by atoms with Gasteiger partial charge < -0.3 is 20.5 Å². The quantitative estimate of drug-likeness (QED) is 0.232. The number of benzene rings is 2. The molecule has 0 saturated heterocycles. The van der Waals surface area contributed by atoms with Crippen molar-refractivity contribution in [3.8, 4) is 0 Å². The van der Waals surface area contributed by atoms with E-state index in [-0.39, 0.29) is 16.7 Å². The number of amides is 2. The van der Waals surface area contributed by atoms with Gasteiger partial charge in [-0.25, -0.2) is 4.39 Å². The predicted octanol–water partition coefficient (Wildman–Crippen LogP) is 4.58. The van der Waals surface area contributed by atoms with Crippen molar-refractivity contribution >= 4 is 39.3 Å². The van der Waals surface area contributed by atoms with Crippen LogP contribution in [0, 0.1) is 26.6 Å². The number of nitrogens with zero attached hydrogens (tertiary/aromatic N) is 1. The van der Waals surface area contributed by atoms with E-state index in [0.717, 1.165) is 36.5 Å². The molecule has 0 spiro atoms. The highest BCUT2D eigenvalue weighted by Gasteiger charge is 2.26. The fraction of sp³-hybridized carbons (Fsp3) is 0.310. The van der Waals surface area contributed by atoms with E-state index in [1.165, 1.54) is 24.3 Å². The smallest absolute Gasteiger partial charge is 0.294 e. The summed E-state index contributed by atoms with van der Waals surface area (Å²) >= 11 is 0. The fourth-order valence-corrected chi connectivity index (χ4v) is 4.85. The number of anilines is 1. The Morgan fingerprint density at radius 2 is 1.73 bits per heavy atom. The highest BCUT2D eigenvalue weighted by molar-refractivity contribution is 7.85. The van der Waals surface area contributed by atoms with Crippen LogP contribution in [0.15, 0.2) is 47.4 Å². The van der Waals surface area contributed by atoms with Crippen LogP contribution in [0.25, 0.3) is 11.6 Å². The molecule has 2 amide bonds. The molecule has 0 unspecified atom stereocenters. The van der Waals surface area contributed by atoms with Crippen LogP contribution in [0.4, 0.5) is 10.1 Å². The monoisotopic (exact) mass is 570 g/mol. The van der Waals surface area contributed by atoms with E-state index in [1.807, 2.05) is 20.8 Å². The second kappa shape index (κ2) is 13.0. The van der Waals surface area contributed by atoms with Gasteiger partial charge in [-0.15, -0.1) is 0 Å². The lowest BCUT2D eigenvalue weighted by molar-refractivity contribution is -0.110. The van der Waals surface area contributed by atoms with E-state index in [9.17, 15) is 22.4 Å². The first kappa shape index (κ1) is 30.7. The van der Waals surface area contributed by atoms with Crippen LogP contribution >= 0.6 is 0 Å². The molecular weight excluding hydrogens is 535 g/mol. The topological polar surface area (TPSA) is 132 Å². The summed E-state index contributed by atoms with van der Waals surface area (Å²) in [5.41, 5.74) is 5.16. The SMILES string of the molecule is CCN(CC)CCNC(=O)c1c(C)[nH]c(/C=C2\C(=O)Nc3ccc(F)cc32)c1C.Cc1ccc(S(=O)(=O)O)cc1. The molecule has 0 atom stereocenters. The average molecular weight is 571 g/mol. The summed E-state index contributed by atoms with van der Waals surface area (Å²) in [6.07, 6.45) is 1.68. The molecule has 1 aliphatic heterocycles. The van der Waals surface area contributed by atoms with Crippen molar-refractivity contribution in [3.05, 3.63) is 81.9 Å². The zero-order valence-electron chi connectivity index (χ0n) is 23.3. The van der Waals surface area contributed by atoms with Crippen LogP contribution in [-0.2, 0) is 14.9 Å². The van der Waals surface area contributed by atoms with Gasteiger partial charge in [0.05, 0.1) is 16.0 Å². The molecule has 0 radical (unpaired) electrons. The lowest BCUT2D eigenvalue weighted by Gasteiger charge is -2.18. The van der Waals surface area contributed by atoms with Crippen molar-refractivity contribution in [1.29, 1.82) is 0 Å². The summed E-state index contributed by atoms with van der Waals surface area (Å²) in [7, 11) is -4.02. The number of fused-ring (bicyclic) bond motifs is 1. The van der Waals surface area contributed by atoms with Gasteiger partial charge >= 0.3 is 0 Å². The van der Waals surface area contributed by atoms with Crippen molar-refractivity contribution in [2.45, 2.75) is 39.5 Å². The lowest BCUT2D eigenvalue weighted by atomic mass is 10.0. The molecule has 0 fully saturated rings. The number of likely N-dealkylation sites (N-methyl/N-ethyl adjacent to an activating group) is 1. The fourth-order valence-electron chi connectivity index (χ4n) is 4.37. The number of hydrogen-bond acceptors (Lipinski definition) is 5. The Morgan fingerprint density at radius 1 is 1.07 bits per heavy atom. The molecule has 40 heavy (non-hydrogen) atoms. The maximum absolute atomic E-state index is 13.7. The first-order valence-corrected chi connectivity index (χ1v) is 14.4. The number of aromatic amines is 1. The van der Waals surface area contributed by atoms with Gasteiger partial charge in [-0.3, -0.25) is 14.1 Å². The predicted molar refractivity (Wildman–Crippen MR) is 154 cm³/mol. The van der Waals surface area contributed by atoms with Crippen LogP contribution in [0.3, 0.4) is 0 Å². The minimum atomic E-state index is -4.02. The standard InChI is InChI=1S/C22H27FN4O2.C7H8O3S/c1-5-27(6-2)10-9-24-22(29)20-13(3)19(25-14(20)4)12-17-16-11-15(23)7-8-18(16)26-21(17)28;1-6-2-4-7(5-3-6)11(8,9)10/h7-8,11-12,25H,5-6,9-10H2,1-4H3,(H,24,29)(H,26,28);2-5H,1H3,(H,8,9,10)/b17-12-;. The Hall–Kier alpha value is -3.80. The summed E-state index contributed by atoms with van der Waals surface area (Å²) in [6, 6.07) is 10.2. The average Bonchev–Trinajstić information content (AvgIpc) is 3.35. The second-order valence-corrected chi connectivity index (χ2v) is 10.9. The first-order chi connectivity index (χ1) is 18.8. The highest BCUT2D eigenvalue weighted by atomic mass is 32.2. The summed E-state index contributed by atoms with van der Waals surface area (Å²) in [4.78, 5) is 30.4. The summed E-state index contributed by atoms with van der Waals surface area (Å²) in [6.45, 7) is 12.9. The molecule has 2 heterocycles. The van der Waals surface area contributed by atoms with Gasteiger partial charge in [-0.2, -0.15) is 8.42 Å². The molecular formula is C29H35FN4O5S. The summed E-state index contributed by atoms with van der Waals surface area (Å²) in [5, 5.41) is 5.70. The molecule has 0 saturated carbocycles. The molecule has 1 aromatic heterocycles. The third-order valence-corrected chi connectivity index (χ3v) is 7.55. The molecule has 4 rings (SSSR count). The number of carbonyl (C=O) groups excluding carboxylic acids is 2. The van der Waals surface area contributed by atoms with E-state index in [2.05, 4.69) is 34.4 Å². The van der Waals surface area contributed by atoms with E-state index in [4.69, 9.17) is 4.55 Å². The molecule has 2 aromatic carbocycles. The van der Waals surface area contributed by atoms with Gasteiger partial charge in [0.2, 0.25) is 0 Å². The summed E-state index contributed by atoms with van der Waals surface area (Å²) in [5.74, 6) is -0.836. The molecule has 3 aromatic rings. The second-order valence-electron chi connectivity index (χ2n) is 9.44. The van der Waals surface area contributed by atoms with E-state index >= 15 is 0 Å². The van der Waals surface area contributed by atoms with Gasteiger partial charge in [0.25, 0.3) is 21.9 Å². The number of rotatable bonds is 8. The lowest BCUT2D eigenvalue weighted by Crippen LogP contribution is -2.35. The number of halogens is 1. The number of carbonyl (C=O) groups is 2. The van der Waals surface area contributed by atoms with E-state index in [1.54, 1.807) is 24.3 Å². The van der Waals surface area contributed by atoms with Gasteiger partial charge in [-0.05, 0) is 75.8 Å². The van der Waals surface area contributed by atoms with Crippen LogP contribution in [-0.4, -0.2) is 60.8 Å². The van der Waals surface area contributed by atoms with Crippen LogP contribution < -0.4 is 10.6 Å². The Bertz CT molecular complexity index is 1520. The van der Waals surface area contributed by atoms with E-state index in [0.29, 0.717) is 34.6 Å². The molecule has 214 valence electrons. The maximum Gasteiger partial charge on any atom is 0.294 e. The molecule has 4 N–H and O–H groups in total. The third-order valence-electron chi connectivity index (χ3n) is 6.68. The number of hydrogen-bond donors (Lipinski definition) is 4. The van der Waals surface area contributed by atoms with Crippen molar-refractivity contribution in [1.82, 2.24) is 15.2 Å². The number of nitrogens with one attached hydrogen (secondary N) is 3. The van der Waals surface area contributed by atoms with Crippen LogP contribution in [0.1, 0.15) is 52.3 Å². The number of aromatic nitrogens is 1. The Kier molecular flexibility index (Phi) is 10.0. The maximum atomic E-state index is 13.7. The Labute approximate surface area is 234 Å². The molecule has 11 heteroatoms. The zero-order valence-corrected chi connectivity index (χ0v) is 24.1. The van der Waals surface area contributed by atoms with E-state index < -0.39 is 15.9 Å².